The first-order valence-electron chi connectivity index (χ1n) is 8.20. The molecule has 134 valence electrons. The van der Waals surface area contributed by atoms with E-state index >= 15 is 0 Å². The largest absolute Gasteiger partial charge is 0.351 e. The summed E-state index contributed by atoms with van der Waals surface area (Å²) in [4.78, 5) is 39.7. The van der Waals surface area contributed by atoms with Crippen LogP contribution in [0, 0.1) is 5.82 Å². The van der Waals surface area contributed by atoms with Gasteiger partial charge < -0.3 is 15.1 Å². The van der Waals surface area contributed by atoms with Crippen molar-refractivity contribution < 1.29 is 18.8 Å². The second-order valence-electron chi connectivity index (χ2n) is 5.81. The highest BCUT2D eigenvalue weighted by atomic mass is 19.1. The summed E-state index contributed by atoms with van der Waals surface area (Å²) in [6.45, 7) is 6.48. The van der Waals surface area contributed by atoms with E-state index in [1.807, 2.05) is 0 Å². The molecule has 1 fully saturated rings. The van der Waals surface area contributed by atoms with Gasteiger partial charge in [-0.05, 0) is 24.1 Å². The summed E-state index contributed by atoms with van der Waals surface area (Å²) in [5.74, 6) is -1.98. The molecule has 1 atom stereocenters. The van der Waals surface area contributed by atoms with Crippen LogP contribution in [0.1, 0.15) is 18.9 Å². The first kappa shape index (κ1) is 18.6. The van der Waals surface area contributed by atoms with E-state index in [1.165, 1.54) is 21.9 Å². The molecule has 1 N–H and O–H groups in total. The van der Waals surface area contributed by atoms with Gasteiger partial charge in [-0.25, -0.2) is 4.39 Å². The molecule has 0 spiro atoms. The third kappa shape index (κ3) is 4.43. The number of carbonyl (C=O) groups excluding carboxylic acids is 3. The summed E-state index contributed by atoms with van der Waals surface area (Å²) in [5, 5.41) is 2.66. The average molecular weight is 347 g/mol. The van der Waals surface area contributed by atoms with Crippen molar-refractivity contribution in [3.63, 3.8) is 0 Å². The fourth-order valence-electron chi connectivity index (χ4n) is 2.79. The Morgan fingerprint density at radius 1 is 1.28 bits per heavy atom. The Hall–Kier alpha value is -2.70. The van der Waals surface area contributed by atoms with Crippen LogP contribution in [-0.4, -0.2) is 53.2 Å². The Balaban J connectivity index is 2.04. The lowest BCUT2D eigenvalue weighted by atomic mass is 10.1. The van der Waals surface area contributed by atoms with Gasteiger partial charge in [0, 0.05) is 26.2 Å². The highest BCUT2D eigenvalue weighted by molar-refractivity contribution is 6.35. The zero-order valence-corrected chi connectivity index (χ0v) is 14.2. The van der Waals surface area contributed by atoms with Gasteiger partial charge in [-0.2, -0.15) is 0 Å². The van der Waals surface area contributed by atoms with Crippen molar-refractivity contribution in [1.29, 1.82) is 0 Å². The quantitative estimate of drug-likeness (QED) is 0.593. The Bertz CT molecular complexity index is 660. The van der Waals surface area contributed by atoms with Crippen LogP contribution >= 0.6 is 0 Å². The van der Waals surface area contributed by atoms with Crippen molar-refractivity contribution in [2.75, 3.05) is 19.6 Å². The third-order valence-corrected chi connectivity index (χ3v) is 4.11. The smallest absolute Gasteiger partial charge is 0.312 e. The maximum absolute atomic E-state index is 13.0. The van der Waals surface area contributed by atoms with Gasteiger partial charge in [0.2, 0.25) is 5.91 Å². The van der Waals surface area contributed by atoms with Crippen LogP contribution in [0.15, 0.2) is 36.9 Å². The maximum atomic E-state index is 13.0. The number of rotatable bonds is 7. The fourth-order valence-corrected chi connectivity index (χ4v) is 2.79. The second kappa shape index (κ2) is 8.41. The summed E-state index contributed by atoms with van der Waals surface area (Å²) in [7, 11) is 0. The van der Waals surface area contributed by atoms with E-state index in [4.69, 9.17) is 0 Å². The molecule has 25 heavy (non-hydrogen) atoms. The van der Waals surface area contributed by atoms with Crippen molar-refractivity contribution in [2.45, 2.75) is 25.9 Å². The van der Waals surface area contributed by atoms with Crippen LogP contribution in [0.2, 0.25) is 0 Å². The minimum Gasteiger partial charge on any atom is -0.351 e. The molecule has 0 aromatic heterocycles. The molecule has 0 aliphatic carbocycles. The number of carbonyl (C=O) groups is 3. The minimum absolute atomic E-state index is 0.234. The van der Waals surface area contributed by atoms with Crippen LogP contribution in [0.4, 0.5) is 4.39 Å². The molecule has 1 aliphatic heterocycles. The maximum Gasteiger partial charge on any atom is 0.312 e. The number of amides is 3. The number of benzene rings is 1. The Kier molecular flexibility index (Phi) is 6.27. The molecule has 1 saturated heterocycles. The normalized spacial score (nSPS) is 15.9. The molecule has 6 nitrogen and oxygen atoms in total. The first-order valence-corrected chi connectivity index (χ1v) is 8.20. The topological polar surface area (TPSA) is 69.7 Å². The van der Waals surface area contributed by atoms with Gasteiger partial charge in [0.1, 0.15) is 11.9 Å². The van der Waals surface area contributed by atoms with Crippen LogP contribution < -0.4 is 5.32 Å². The Labute approximate surface area is 146 Å². The van der Waals surface area contributed by atoms with Gasteiger partial charge in [-0.1, -0.05) is 25.1 Å². The molecule has 1 aliphatic rings. The summed E-state index contributed by atoms with van der Waals surface area (Å²) in [6.07, 6.45) is 1.97. The van der Waals surface area contributed by atoms with E-state index in [1.54, 1.807) is 25.1 Å². The molecule has 0 saturated carbocycles. The molecule has 2 rings (SSSR count). The number of halogens is 1. The van der Waals surface area contributed by atoms with Gasteiger partial charge in [0.05, 0.1) is 0 Å². The molecule has 0 radical (unpaired) electrons. The second-order valence-corrected chi connectivity index (χ2v) is 5.81. The molecular formula is C18H22FN3O3. The van der Waals surface area contributed by atoms with Gasteiger partial charge in [-0.3, -0.25) is 14.4 Å². The van der Waals surface area contributed by atoms with Gasteiger partial charge >= 0.3 is 11.8 Å². The standard InChI is InChI=1S/C18H22FN3O3/c1-3-9-20-16(23)15(4-2)22-11-10-21(17(24)18(22)25)12-13-5-7-14(19)8-6-13/h3,5-8,15H,1,4,9-12H2,2H3,(H,20,23)/t15-/m0/s1. The fraction of sp³-hybridized carbons (Fsp3) is 0.389. The predicted molar refractivity (Wildman–Crippen MR) is 90.8 cm³/mol. The molecule has 1 aromatic rings. The van der Waals surface area contributed by atoms with Crippen molar-refractivity contribution >= 4 is 17.7 Å². The third-order valence-electron chi connectivity index (χ3n) is 4.11. The average Bonchev–Trinajstić information content (AvgIpc) is 2.61. The number of hydrogen-bond acceptors (Lipinski definition) is 3. The monoisotopic (exact) mass is 347 g/mol. The van der Waals surface area contributed by atoms with E-state index < -0.39 is 17.9 Å². The molecule has 1 aromatic carbocycles. The molecule has 1 heterocycles. The summed E-state index contributed by atoms with van der Waals surface area (Å²) >= 11 is 0. The van der Waals surface area contributed by atoms with E-state index in [-0.39, 0.29) is 24.8 Å². The molecule has 7 heteroatoms. The number of nitrogens with one attached hydrogen (secondary N) is 1. The lowest BCUT2D eigenvalue weighted by molar-refractivity contribution is -0.159. The van der Waals surface area contributed by atoms with E-state index in [0.717, 1.165) is 5.56 Å². The van der Waals surface area contributed by atoms with Gasteiger partial charge in [0.25, 0.3) is 0 Å². The number of hydrogen-bond donors (Lipinski definition) is 1. The predicted octanol–water partition coefficient (Wildman–Crippen LogP) is 1.08. The first-order chi connectivity index (χ1) is 12.0. The SMILES string of the molecule is C=CCNC(=O)[C@H](CC)N1CCN(Cc2ccc(F)cc2)C(=O)C1=O. The van der Waals surface area contributed by atoms with Crippen LogP contribution in [0.3, 0.4) is 0 Å². The molecule has 0 unspecified atom stereocenters. The van der Waals surface area contributed by atoms with Crippen LogP contribution in [0.5, 0.6) is 0 Å². The van der Waals surface area contributed by atoms with Crippen LogP contribution in [-0.2, 0) is 20.9 Å². The van der Waals surface area contributed by atoms with E-state index in [9.17, 15) is 18.8 Å². The number of nitrogens with zero attached hydrogens (tertiary/aromatic N) is 2. The summed E-state index contributed by atoms with van der Waals surface area (Å²) in [6, 6.07) is 5.11. The lowest BCUT2D eigenvalue weighted by Crippen LogP contribution is -2.60. The molecule has 3 amide bonds. The molecule has 0 bridgehead atoms. The lowest BCUT2D eigenvalue weighted by Gasteiger charge is -2.37. The summed E-state index contributed by atoms with van der Waals surface area (Å²) < 4.78 is 13.0. The number of piperazine rings is 1. The van der Waals surface area contributed by atoms with Gasteiger partial charge in [-0.15, -0.1) is 6.58 Å². The zero-order valence-electron chi connectivity index (χ0n) is 14.2. The van der Waals surface area contributed by atoms with E-state index in [2.05, 4.69) is 11.9 Å². The highest BCUT2D eigenvalue weighted by Crippen LogP contribution is 2.15. The van der Waals surface area contributed by atoms with Crippen molar-refractivity contribution in [3.05, 3.63) is 48.3 Å². The van der Waals surface area contributed by atoms with E-state index in [0.29, 0.717) is 19.5 Å². The minimum atomic E-state index is -0.686. The molecular weight excluding hydrogens is 325 g/mol. The van der Waals surface area contributed by atoms with Crippen molar-refractivity contribution in [3.8, 4) is 0 Å². The summed E-state index contributed by atoms with van der Waals surface area (Å²) in [5.41, 5.74) is 0.742. The zero-order chi connectivity index (χ0) is 18.4. The van der Waals surface area contributed by atoms with Crippen molar-refractivity contribution in [1.82, 2.24) is 15.1 Å². The van der Waals surface area contributed by atoms with Gasteiger partial charge in [0.15, 0.2) is 0 Å². The Morgan fingerprint density at radius 3 is 2.56 bits per heavy atom. The Morgan fingerprint density at radius 2 is 1.96 bits per heavy atom. The van der Waals surface area contributed by atoms with Crippen LogP contribution in [0.25, 0.3) is 0 Å². The highest BCUT2D eigenvalue weighted by Gasteiger charge is 2.38. The van der Waals surface area contributed by atoms with Crippen molar-refractivity contribution in [2.24, 2.45) is 0 Å².